The van der Waals surface area contributed by atoms with Crippen molar-refractivity contribution < 1.29 is 9.90 Å². The molecule has 0 fully saturated rings. The molecule has 4 heteroatoms. The number of carboxylic acid groups (broad SMARTS) is 1. The van der Waals surface area contributed by atoms with Crippen molar-refractivity contribution in [3.8, 4) is 0 Å². The second-order valence-electron chi connectivity index (χ2n) is 4.71. The van der Waals surface area contributed by atoms with Crippen LogP contribution in [-0.4, -0.2) is 11.1 Å². The van der Waals surface area contributed by atoms with Gasteiger partial charge < -0.3 is 10.4 Å². The van der Waals surface area contributed by atoms with E-state index >= 15 is 0 Å². The molecule has 0 amide bonds. The van der Waals surface area contributed by atoms with Crippen LogP contribution in [0, 0.1) is 0 Å². The van der Waals surface area contributed by atoms with E-state index < -0.39 is 11.5 Å². The van der Waals surface area contributed by atoms with Crippen LogP contribution in [0.1, 0.15) is 17.4 Å². The number of anilines is 1. The van der Waals surface area contributed by atoms with Crippen molar-refractivity contribution in [2.45, 2.75) is 12.5 Å². The van der Waals surface area contributed by atoms with Gasteiger partial charge in [-0.25, -0.2) is 4.79 Å². The van der Waals surface area contributed by atoms with E-state index in [2.05, 4.69) is 5.32 Å². The number of rotatable bonds is 2. The van der Waals surface area contributed by atoms with Crippen LogP contribution in [0.2, 0.25) is 0 Å². The van der Waals surface area contributed by atoms with Gasteiger partial charge in [0.15, 0.2) is 0 Å². The Morgan fingerprint density at radius 2 is 2.05 bits per heavy atom. The molecule has 0 bridgehead atoms. The number of benzene rings is 1. The maximum atomic E-state index is 11.5. The van der Waals surface area contributed by atoms with Gasteiger partial charge in [0.05, 0.1) is 11.1 Å². The third-order valence-corrected chi connectivity index (χ3v) is 4.42. The molecule has 0 radical (unpaired) electrons. The number of carboxylic acids is 1. The quantitative estimate of drug-likeness (QED) is 0.878. The second-order valence-corrected chi connectivity index (χ2v) is 5.66. The van der Waals surface area contributed by atoms with E-state index in [9.17, 15) is 9.90 Å². The number of para-hydroxylation sites is 1. The van der Waals surface area contributed by atoms with Gasteiger partial charge in [-0.3, -0.25) is 0 Å². The molecule has 1 atom stereocenters. The van der Waals surface area contributed by atoms with Gasteiger partial charge in [0.25, 0.3) is 0 Å². The lowest BCUT2D eigenvalue weighted by molar-refractivity contribution is -0.130. The normalized spacial score (nSPS) is 21.2. The predicted octanol–water partition coefficient (Wildman–Crippen LogP) is 3.56. The molecule has 19 heavy (non-hydrogen) atoms. The summed E-state index contributed by atoms with van der Waals surface area (Å²) in [5, 5.41) is 14.9. The van der Waals surface area contributed by atoms with Crippen molar-refractivity contribution >= 4 is 28.6 Å². The molecule has 2 aromatic rings. The van der Waals surface area contributed by atoms with E-state index in [0.29, 0.717) is 5.57 Å². The smallest absolute Gasteiger partial charge is 0.336 e. The van der Waals surface area contributed by atoms with Gasteiger partial charge in [-0.15, -0.1) is 11.3 Å². The summed E-state index contributed by atoms with van der Waals surface area (Å²) in [5.41, 5.74) is 1.48. The molecule has 1 aromatic heterocycles. The number of fused-ring (bicyclic) bond motifs is 1. The number of aliphatic carboxylic acids is 1. The van der Waals surface area contributed by atoms with Crippen LogP contribution in [0.4, 0.5) is 5.69 Å². The first-order valence-corrected chi connectivity index (χ1v) is 6.86. The summed E-state index contributed by atoms with van der Waals surface area (Å²) in [6, 6.07) is 11.5. The van der Waals surface area contributed by atoms with E-state index in [0.717, 1.165) is 16.1 Å². The maximum absolute atomic E-state index is 11.5. The summed E-state index contributed by atoms with van der Waals surface area (Å²) >= 11 is 1.62. The van der Waals surface area contributed by atoms with Crippen LogP contribution in [0.5, 0.6) is 0 Å². The highest BCUT2D eigenvalue weighted by Gasteiger charge is 2.33. The zero-order valence-electron chi connectivity index (χ0n) is 10.4. The molecule has 1 unspecified atom stereocenters. The Bertz CT molecular complexity index is 661. The number of carbonyl (C=O) groups is 1. The van der Waals surface area contributed by atoms with E-state index in [1.807, 2.05) is 48.7 Å². The Morgan fingerprint density at radius 3 is 2.74 bits per heavy atom. The number of hydrogen-bond acceptors (Lipinski definition) is 3. The number of hydrogen-bond donors (Lipinski definition) is 2. The fourth-order valence-electron chi connectivity index (χ4n) is 2.39. The molecule has 0 aliphatic carbocycles. The molecule has 0 saturated carbocycles. The first-order chi connectivity index (χ1) is 9.10. The van der Waals surface area contributed by atoms with Crippen LogP contribution >= 0.6 is 11.3 Å². The van der Waals surface area contributed by atoms with Crippen molar-refractivity contribution in [2.75, 3.05) is 5.32 Å². The minimum absolute atomic E-state index is 0.352. The number of thiophene rings is 1. The molecule has 3 rings (SSSR count). The topological polar surface area (TPSA) is 49.3 Å². The monoisotopic (exact) mass is 271 g/mol. The third kappa shape index (κ3) is 1.94. The van der Waals surface area contributed by atoms with Crippen molar-refractivity contribution in [1.82, 2.24) is 0 Å². The van der Waals surface area contributed by atoms with Gasteiger partial charge in [-0.05, 0) is 30.5 Å². The average molecular weight is 271 g/mol. The highest BCUT2D eigenvalue weighted by atomic mass is 32.1. The standard InChI is InChI=1S/C15H13NO2S/c1-15(13-7-4-8-19-13)9-11(14(17)18)10-5-2-3-6-12(10)16-15/h2-9,16H,1H3,(H,17,18). The molecule has 0 saturated heterocycles. The van der Waals surface area contributed by atoms with Gasteiger partial charge in [-0.1, -0.05) is 24.3 Å². The summed E-state index contributed by atoms with van der Waals surface area (Å²) in [6.07, 6.45) is 1.80. The summed E-state index contributed by atoms with van der Waals surface area (Å²) in [7, 11) is 0. The largest absolute Gasteiger partial charge is 0.478 e. The van der Waals surface area contributed by atoms with Gasteiger partial charge >= 0.3 is 5.97 Å². The molecule has 0 spiro atoms. The van der Waals surface area contributed by atoms with Crippen molar-refractivity contribution in [3.63, 3.8) is 0 Å². The van der Waals surface area contributed by atoms with Crippen molar-refractivity contribution in [2.24, 2.45) is 0 Å². The molecule has 2 heterocycles. The highest BCUT2D eigenvalue weighted by molar-refractivity contribution is 7.10. The Hall–Kier alpha value is -2.07. The predicted molar refractivity (Wildman–Crippen MR) is 77.3 cm³/mol. The summed E-state index contributed by atoms with van der Waals surface area (Å²) in [5.74, 6) is -0.892. The minimum atomic E-state index is -0.892. The Balaban J connectivity index is 2.19. The zero-order valence-corrected chi connectivity index (χ0v) is 11.2. The van der Waals surface area contributed by atoms with E-state index in [1.54, 1.807) is 17.4 Å². The van der Waals surface area contributed by atoms with Gasteiger partial charge in [0.1, 0.15) is 0 Å². The third-order valence-electron chi connectivity index (χ3n) is 3.31. The maximum Gasteiger partial charge on any atom is 0.336 e. The van der Waals surface area contributed by atoms with Crippen LogP contribution in [0.3, 0.4) is 0 Å². The van der Waals surface area contributed by atoms with Crippen molar-refractivity contribution in [3.05, 3.63) is 58.3 Å². The molecule has 1 aliphatic heterocycles. The molecule has 1 aliphatic rings. The lowest BCUT2D eigenvalue weighted by atomic mass is 9.88. The Kier molecular flexibility index (Phi) is 2.68. The fourth-order valence-corrected chi connectivity index (χ4v) is 3.21. The lowest BCUT2D eigenvalue weighted by Gasteiger charge is -2.33. The Labute approximate surface area is 115 Å². The molecule has 2 N–H and O–H groups in total. The van der Waals surface area contributed by atoms with Crippen LogP contribution in [0.15, 0.2) is 47.9 Å². The minimum Gasteiger partial charge on any atom is -0.478 e. The first kappa shape index (κ1) is 12.0. The van der Waals surface area contributed by atoms with E-state index in [-0.39, 0.29) is 0 Å². The fraction of sp³-hybridized carbons (Fsp3) is 0.133. The molecular formula is C15H13NO2S. The average Bonchev–Trinajstić information content (AvgIpc) is 2.92. The lowest BCUT2D eigenvalue weighted by Crippen LogP contribution is -2.33. The van der Waals surface area contributed by atoms with Gasteiger partial charge in [0, 0.05) is 16.1 Å². The van der Waals surface area contributed by atoms with Gasteiger partial charge in [0.2, 0.25) is 0 Å². The zero-order chi connectivity index (χ0) is 13.5. The Morgan fingerprint density at radius 1 is 1.26 bits per heavy atom. The highest BCUT2D eigenvalue weighted by Crippen LogP contribution is 2.40. The van der Waals surface area contributed by atoms with Crippen LogP contribution in [-0.2, 0) is 10.3 Å². The second kappa shape index (κ2) is 4.24. The SMILES string of the molecule is CC1(c2cccs2)C=C(C(=O)O)c2ccccc2N1. The molecule has 1 aromatic carbocycles. The summed E-state index contributed by atoms with van der Waals surface area (Å²) in [6.45, 7) is 2.00. The first-order valence-electron chi connectivity index (χ1n) is 5.98. The molecule has 3 nitrogen and oxygen atoms in total. The van der Waals surface area contributed by atoms with E-state index in [4.69, 9.17) is 0 Å². The van der Waals surface area contributed by atoms with E-state index in [1.165, 1.54) is 0 Å². The summed E-state index contributed by atoms with van der Waals surface area (Å²) in [4.78, 5) is 12.6. The van der Waals surface area contributed by atoms with Crippen LogP contribution in [0.25, 0.3) is 5.57 Å². The van der Waals surface area contributed by atoms with Gasteiger partial charge in [-0.2, -0.15) is 0 Å². The molecule has 96 valence electrons. The summed E-state index contributed by atoms with van der Waals surface area (Å²) < 4.78 is 0. The van der Waals surface area contributed by atoms with Crippen molar-refractivity contribution in [1.29, 1.82) is 0 Å². The molecular weight excluding hydrogens is 258 g/mol. The number of nitrogens with one attached hydrogen (secondary N) is 1. The van der Waals surface area contributed by atoms with Crippen LogP contribution < -0.4 is 5.32 Å².